The molecule has 0 aliphatic rings. The molecule has 3 nitrogen and oxygen atoms in total. The molecule has 112 valence electrons. The Morgan fingerprint density at radius 3 is 2.57 bits per heavy atom. The first-order valence-electron chi connectivity index (χ1n) is 7.23. The molecule has 0 spiro atoms. The first kappa shape index (κ1) is 15.5. The van der Waals surface area contributed by atoms with E-state index >= 15 is 0 Å². The maximum atomic E-state index is 6.06. The fourth-order valence-electron chi connectivity index (χ4n) is 2.67. The van der Waals surface area contributed by atoms with E-state index in [0.717, 1.165) is 0 Å². The molecule has 0 saturated heterocycles. The summed E-state index contributed by atoms with van der Waals surface area (Å²) in [6.07, 6.45) is 0. The van der Waals surface area contributed by atoms with Crippen molar-refractivity contribution < 1.29 is 4.74 Å². The van der Waals surface area contributed by atoms with Crippen molar-refractivity contribution in [3.8, 4) is 0 Å². The minimum absolute atomic E-state index is 0.137. The maximum absolute atomic E-state index is 6.06. The van der Waals surface area contributed by atoms with Gasteiger partial charge in [-0.3, -0.25) is 0 Å². The number of hydrogen-bond acceptors (Lipinski definition) is 3. The number of nitrogens with zero attached hydrogens (tertiary/aromatic N) is 1. The topological polar surface area (TPSA) is 38.5 Å². The van der Waals surface area contributed by atoms with Crippen LogP contribution < -0.4 is 10.6 Å². The molecule has 2 aromatic carbocycles. The minimum Gasteiger partial charge on any atom is -0.380 e. The third kappa shape index (κ3) is 3.63. The summed E-state index contributed by atoms with van der Waals surface area (Å²) in [5.41, 5.74) is 10.9. The zero-order valence-corrected chi connectivity index (χ0v) is 13.0. The molecule has 0 aliphatic heterocycles. The summed E-state index contributed by atoms with van der Waals surface area (Å²) < 4.78 is 5.31. The molecular weight excluding hydrogens is 260 g/mol. The lowest BCUT2D eigenvalue weighted by Gasteiger charge is -2.31. The smallest absolute Gasteiger partial charge is 0.0716 e. The summed E-state index contributed by atoms with van der Waals surface area (Å²) in [6.45, 7) is 3.27. The van der Waals surface area contributed by atoms with Crippen LogP contribution in [0.5, 0.6) is 0 Å². The van der Waals surface area contributed by atoms with Gasteiger partial charge in [0, 0.05) is 26.4 Å². The zero-order chi connectivity index (χ0) is 15.2. The van der Waals surface area contributed by atoms with Gasteiger partial charge in [0.25, 0.3) is 0 Å². The van der Waals surface area contributed by atoms with Crippen LogP contribution in [0, 0.1) is 6.92 Å². The molecule has 3 heteroatoms. The van der Waals surface area contributed by atoms with Crippen molar-refractivity contribution in [2.45, 2.75) is 19.6 Å². The van der Waals surface area contributed by atoms with E-state index in [1.807, 2.05) is 6.07 Å². The van der Waals surface area contributed by atoms with E-state index in [4.69, 9.17) is 10.5 Å². The molecule has 2 aromatic rings. The van der Waals surface area contributed by atoms with Crippen LogP contribution in [-0.4, -0.2) is 20.7 Å². The number of anilines is 1. The summed E-state index contributed by atoms with van der Waals surface area (Å²) >= 11 is 0. The van der Waals surface area contributed by atoms with Crippen LogP contribution in [-0.2, 0) is 11.3 Å². The highest BCUT2D eigenvalue weighted by atomic mass is 16.5. The second kappa shape index (κ2) is 7.25. The lowest BCUT2D eigenvalue weighted by Crippen LogP contribution is -2.31. The molecule has 2 N–H and O–H groups in total. The van der Waals surface area contributed by atoms with Crippen molar-refractivity contribution in [1.29, 1.82) is 0 Å². The van der Waals surface area contributed by atoms with E-state index < -0.39 is 0 Å². The first-order valence-corrected chi connectivity index (χ1v) is 7.23. The molecule has 0 aromatic heterocycles. The number of nitrogens with two attached hydrogens (primary N) is 1. The van der Waals surface area contributed by atoms with E-state index in [-0.39, 0.29) is 6.04 Å². The number of rotatable bonds is 6. The molecule has 0 amide bonds. The zero-order valence-electron chi connectivity index (χ0n) is 13.0. The Morgan fingerprint density at radius 2 is 1.90 bits per heavy atom. The van der Waals surface area contributed by atoms with Crippen LogP contribution in [0.1, 0.15) is 22.7 Å². The lowest BCUT2D eigenvalue weighted by molar-refractivity contribution is 0.183. The molecule has 0 radical (unpaired) electrons. The minimum atomic E-state index is 0.137. The molecule has 0 saturated carbocycles. The fraction of sp³-hybridized carbons (Fsp3) is 0.333. The Kier molecular flexibility index (Phi) is 5.37. The number of hydrogen-bond donors (Lipinski definition) is 1. The van der Waals surface area contributed by atoms with Gasteiger partial charge in [0.15, 0.2) is 0 Å². The van der Waals surface area contributed by atoms with Crippen molar-refractivity contribution >= 4 is 5.69 Å². The summed E-state index contributed by atoms with van der Waals surface area (Å²) in [7, 11) is 3.81. The maximum Gasteiger partial charge on any atom is 0.0716 e. The summed E-state index contributed by atoms with van der Waals surface area (Å²) in [5, 5.41) is 0. The third-order valence-corrected chi connectivity index (χ3v) is 3.81. The number of benzene rings is 2. The van der Waals surface area contributed by atoms with Gasteiger partial charge in [-0.1, -0.05) is 36.4 Å². The molecule has 21 heavy (non-hydrogen) atoms. The first-order chi connectivity index (χ1) is 10.2. The molecule has 0 heterocycles. The summed E-state index contributed by atoms with van der Waals surface area (Å²) in [4.78, 5) is 2.24. The quantitative estimate of drug-likeness (QED) is 0.884. The Balaban J connectivity index is 2.35. The lowest BCUT2D eigenvalue weighted by atomic mass is 9.99. The standard InChI is InChI=1S/C18H24N2O/c1-14-7-6-9-16(11-14)20(2)18(12-19)17-10-5-4-8-15(17)13-21-3/h4-11,18H,12-13,19H2,1-3H3. The molecular formula is C18H24N2O. The fourth-order valence-corrected chi connectivity index (χ4v) is 2.67. The number of ether oxygens (including phenoxy) is 1. The summed E-state index contributed by atoms with van der Waals surface area (Å²) in [6, 6.07) is 17.0. The Bertz CT molecular complexity index is 583. The van der Waals surface area contributed by atoms with Crippen LogP contribution in [0.2, 0.25) is 0 Å². The largest absolute Gasteiger partial charge is 0.380 e. The third-order valence-electron chi connectivity index (χ3n) is 3.81. The van der Waals surface area contributed by atoms with E-state index in [0.29, 0.717) is 13.2 Å². The molecule has 1 atom stereocenters. The van der Waals surface area contributed by atoms with Crippen LogP contribution in [0.15, 0.2) is 48.5 Å². The van der Waals surface area contributed by atoms with Crippen molar-refractivity contribution in [1.82, 2.24) is 0 Å². The molecule has 0 aliphatic carbocycles. The Hall–Kier alpha value is -1.84. The van der Waals surface area contributed by atoms with Crippen molar-refractivity contribution in [3.05, 3.63) is 65.2 Å². The SMILES string of the molecule is COCc1ccccc1C(CN)N(C)c1cccc(C)c1. The predicted molar refractivity (Wildman–Crippen MR) is 88.5 cm³/mol. The monoisotopic (exact) mass is 284 g/mol. The van der Waals surface area contributed by atoms with Gasteiger partial charge in [0.1, 0.15) is 0 Å². The summed E-state index contributed by atoms with van der Waals surface area (Å²) in [5.74, 6) is 0. The van der Waals surface area contributed by atoms with Gasteiger partial charge < -0.3 is 15.4 Å². The van der Waals surface area contributed by atoms with Gasteiger partial charge in [-0.05, 0) is 35.7 Å². The highest BCUT2D eigenvalue weighted by molar-refractivity contribution is 5.51. The van der Waals surface area contributed by atoms with Crippen molar-refractivity contribution in [2.75, 3.05) is 25.6 Å². The Morgan fingerprint density at radius 1 is 1.14 bits per heavy atom. The van der Waals surface area contributed by atoms with E-state index in [2.05, 4.69) is 61.3 Å². The molecule has 1 unspecified atom stereocenters. The number of likely N-dealkylation sites (N-methyl/N-ethyl adjacent to an activating group) is 1. The van der Waals surface area contributed by atoms with Gasteiger partial charge in [-0.15, -0.1) is 0 Å². The van der Waals surface area contributed by atoms with Crippen LogP contribution >= 0.6 is 0 Å². The van der Waals surface area contributed by atoms with Gasteiger partial charge in [0.05, 0.1) is 12.6 Å². The van der Waals surface area contributed by atoms with Gasteiger partial charge >= 0.3 is 0 Å². The van der Waals surface area contributed by atoms with Gasteiger partial charge in [-0.2, -0.15) is 0 Å². The molecule has 0 fully saturated rings. The van der Waals surface area contributed by atoms with E-state index in [1.165, 1.54) is 22.4 Å². The molecule has 2 rings (SSSR count). The van der Waals surface area contributed by atoms with E-state index in [1.54, 1.807) is 7.11 Å². The predicted octanol–water partition coefficient (Wildman–Crippen LogP) is 3.28. The molecule has 0 bridgehead atoms. The second-order valence-corrected chi connectivity index (χ2v) is 5.33. The normalized spacial score (nSPS) is 12.2. The highest BCUT2D eigenvalue weighted by Crippen LogP contribution is 2.28. The van der Waals surface area contributed by atoms with Gasteiger partial charge in [0.2, 0.25) is 0 Å². The van der Waals surface area contributed by atoms with Gasteiger partial charge in [-0.25, -0.2) is 0 Å². The van der Waals surface area contributed by atoms with Crippen LogP contribution in [0.4, 0.5) is 5.69 Å². The van der Waals surface area contributed by atoms with Crippen molar-refractivity contribution in [3.63, 3.8) is 0 Å². The van der Waals surface area contributed by atoms with E-state index in [9.17, 15) is 0 Å². The van der Waals surface area contributed by atoms with Crippen molar-refractivity contribution in [2.24, 2.45) is 5.73 Å². The second-order valence-electron chi connectivity index (χ2n) is 5.33. The average molecular weight is 284 g/mol. The number of methoxy groups -OCH3 is 1. The average Bonchev–Trinajstić information content (AvgIpc) is 2.50. The Labute approximate surface area is 127 Å². The number of aryl methyl sites for hydroxylation is 1. The van der Waals surface area contributed by atoms with Crippen LogP contribution in [0.25, 0.3) is 0 Å². The van der Waals surface area contributed by atoms with Crippen LogP contribution in [0.3, 0.4) is 0 Å². The highest BCUT2D eigenvalue weighted by Gasteiger charge is 2.18.